The minimum atomic E-state index is -0.879. The molecule has 2 aromatic rings. The van der Waals surface area contributed by atoms with E-state index in [9.17, 15) is 9.90 Å². The molecule has 0 saturated carbocycles. The molecule has 1 aliphatic rings. The number of benzene rings is 1. The summed E-state index contributed by atoms with van der Waals surface area (Å²) in [4.78, 5) is 11.4. The summed E-state index contributed by atoms with van der Waals surface area (Å²) in [6, 6.07) is 9.52. The lowest BCUT2D eigenvalue weighted by Crippen LogP contribution is -2.41. The maximum Gasteiger partial charge on any atom is 0.466 e. The van der Waals surface area contributed by atoms with Crippen LogP contribution in [0.25, 0.3) is 5.69 Å². The summed E-state index contributed by atoms with van der Waals surface area (Å²) in [5.41, 5.74) is 0.792. The fourth-order valence-corrected chi connectivity index (χ4v) is 2.91. The van der Waals surface area contributed by atoms with Crippen LogP contribution in [0, 0.1) is 0 Å². The Morgan fingerprint density at radius 2 is 1.80 bits per heavy atom. The fourth-order valence-electron chi connectivity index (χ4n) is 2.91. The average molecular weight is 342 g/mol. The molecule has 2 heterocycles. The van der Waals surface area contributed by atoms with E-state index in [1.807, 2.05) is 64.2 Å². The van der Waals surface area contributed by atoms with Crippen LogP contribution in [0.3, 0.4) is 0 Å². The quantitative estimate of drug-likeness (QED) is 0.846. The zero-order chi connectivity index (χ0) is 18.2. The van der Waals surface area contributed by atoms with Gasteiger partial charge in [0.1, 0.15) is 0 Å². The molecule has 1 aromatic heterocycles. The van der Waals surface area contributed by atoms with Gasteiger partial charge in [-0.05, 0) is 51.5 Å². The van der Waals surface area contributed by atoms with Crippen LogP contribution < -0.4 is 0 Å². The summed E-state index contributed by atoms with van der Waals surface area (Å²) in [6.07, 6.45) is 3.52. The van der Waals surface area contributed by atoms with E-state index in [1.54, 1.807) is 10.9 Å². The molecule has 3 rings (SSSR count). The lowest BCUT2D eigenvalue weighted by Gasteiger charge is -2.32. The molecule has 1 saturated heterocycles. The zero-order valence-corrected chi connectivity index (χ0v) is 15.0. The highest BCUT2D eigenvalue weighted by Gasteiger charge is 2.54. The molecule has 0 radical (unpaired) electrons. The predicted octanol–water partition coefficient (Wildman–Crippen LogP) is 3.06. The molecule has 25 heavy (non-hydrogen) atoms. The Bertz CT molecular complexity index is 725. The molecule has 0 amide bonds. The number of hydrogen-bond donors (Lipinski definition) is 1. The molecule has 7 heteroatoms. The Balaban J connectivity index is 1.88. The first-order chi connectivity index (χ1) is 11.7. The van der Waals surface area contributed by atoms with Crippen LogP contribution in [-0.4, -0.2) is 39.2 Å². The molecule has 1 fully saturated rings. The number of nitrogens with zero attached hydrogens (tertiary/aromatic N) is 2. The fraction of sp³-hybridized carbons (Fsp3) is 0.444. The van der Waals surface area contributed by atoms with E-state index in [0.717, 1.165) is 11.3 Å². The van der Waals surface area contributed by atoms with E-state index in [1.165, 1.54) is 0 Å². The average Bonchev–Trinajstić information content (AvgIpc) is 3.12. The second kappa shape index (κ2) is 6.31. The first-order valence-corrected chi connectivity index (χ1v) is 8.37. The van der Waals surface area contributed by atoms with Crippen molar-refractivity contribution >= 4 is 13.1 Å². The molecule has 1 aromatic carbocycles. The Labute approximate surface area is 147 Å². The van der Waals surface area contributed by atoms with Gasteiger partial charge in [-0.25, -0.2) is 4.68 Å². The van der Waals surface area contributed by atoms with Crippen LogP contribution in [0.2, 0.25) is 0 Å². The maximum absolute atomic E-state index is 11.4. The zero-order valence-electron chi connectivity index (χ0n) is 15.0. The summed E-state index contributed by atoms with van der Waals surface area (Å²) < 4.78 is 13.9. The third-order valence-corrected chi connectivity index (χ3v) is 5.08. The molecule has 1 aliphatic heterocycles. The summed E-state index contributed by atoms with van der Waals surface area (Å²) >= 11 is 0. The van der Waals surface area contributed by atoms with Crippen molar-refractivity contribution in [3.05, 3.63) is 48.3 Å². The number of aliphatic carboxylic acids is 1. The highest BCUT2D eigenvalue weighted by atomic mass is 16.7. The SMILES string of the molecule is CC1(C)OB(C(CC(=O)O)c2ccc(-n3cccn3)cc2)OC1(C)C. The standard InChI is InChI=1S/C18H23BN2O4/c1-17(2)18(3,4)25-19(24-17)15(12-16(22)23)13-6-8-14(9-7-13)21-11-5-10-20-21/h5-11,15H,12H2,1-4H3,(H,22,23). The normalized spacial score (nSPS) is 19.8. The molecule has 0 aliphatic carbocycles. The summed E-state index contributed by atoms with van der Waals surface area (Å²) in [5.74, 6) is -1.26. The number of carbonyl (C=O) groups is 1. The van der Waals surface area contributed by atoms with Crippen LogP contribution in [0.1, 0.15) is 45.5 Å². The van der Waals surface area contributed by atoms with Crippen molar-refractivity contribution in [3.63, 3.8) is 0 Å². The van der Waals surface area contributed by atoms with Gasteiger partial charge in [0.15, 0.2) is 0 Å². The van der Waals surface area contributed by atoms with Crippen molar-refractivity contribution in [2.24, 2.45) is 0 Å². The number of aromatic nitrogens is 2. The molecular weight excluding hydrogens is 319 g/mol. The topological polar surface area (TPSA) is 73.6 Å². The molecule has 1 unspecified atom stereocenters. The first-order valence-electron chi connectivity index (χ1n) is 8.37. The molecule has 0 spiro atoms. The largest absolute Gasteiger partial charge is 0.481 e. The highest BCUT2D eigenvalue weighted by molar-refractivity contribution is 6.48. The Morgan fingerprint density at radius 3 is 2.28 bits per heavy atom. The Kier molecular flexibility index (Phi) is 4.47. The van der Waals surface area contributed by atoms with E-state index < -0.39 is 24.3 Å². The van der Waals surface area contributed by atoms with Gasteiger partial charge in [0.05, 0.1) is 23.3 Å². The van der Waals surface area contributed by atoms with Crippen LogP contribution in [0.5, 0.6) is 0 Å². The molecular formula is C18H23BN2O4. The monoisotopic (exact) mass is 342 g/mol. The van der Waals surface area contributed by atoms with Gasteiger partial charge in [-0.1, -0.05) is 12.1 Å². The molecule has 1 atom stereocenters. The Morgan fingerprint density at radius 1 is 1.20 bits per heavy atom. The summed E-state index contributed by atoms with van der Waals surface area (Å²) in [7, 11) is -0.600. The van der Waals surface area contributed by atoms with Crippen LogP contribution in [0.15, 0.2) is 42.7 Å². The molecule has 6 nitrogen and oxygen atoms in total. The lowest BCUT2D eigenvalue weighted by atomic mass is 9.66. The minimum Gasteiger partial charge on any atom is -0.481 e. The van der Waals surface area contributed by atoms with Gasteiger partial charge in [-0.15, -0.1) is 0 Å². The van der Waals surface area contributed by atoms with E-state index in [4.69, 9.17) is 9.31 Å². The maximum atomic E-state index is 11.4. The second-order valence-corrected chi connectivity index (χ2v) is 7.37. The van der Waals surface area contributed by atoms with Crippen molar-refractivity contribution in [2.45, 2.75) is 51.1 Å². The minimum absolute atomic E-state index is 0.0576. The van der Waals surface area contributed by atoms with Gasteiger partial charge in [-0.2, -0.15) is 5.10 Å². The molecule has 1 N–H and O–H groups in total. The van der Waals surface area contributed by atoms with Crippen LogP contribution in [0.4, 0.5) is 0 Å². The number of carboxylic acid groups (broad SMARTS) is 1. The van der Waals surface area contributed by atoms with Gasteiger partial charge >= 0.3 is 13.1 Å². The van der Waals surface area contributed by atoms with Gasteiger partial charge in [0.25, 0.3) is 0 Å². The summed E-state index contributed by atoms with van der Waals surface area (Å²) in [6.45, 7) is 7.86. The number of carboxylic acids is 1. The van der Waals surface area contributed by atoms with E-state index in [0.29, 0.717) is 0 Å². The third kappa shape index (κ3) is 3.48. The van der Waals surface area contributed by atoms with Crippen molar-refractivity contribution in [1.29, 1.82) is 0 Å². The van der Waals surface area contributed by atoms with Gasteiger partial charge < -0.3 is 14.4 Å². The second-order valence-electron chi connectivity index (χ2n) is 7.37. The highest BCUT2D eigenvalue weighted by Crippen LogP contribution is 2.41. The molecule has 132 valence electrons. The van der Waals surface area contributed by atoms with Crippen molar-refractivity contribution < 1.29 is 19.2 Å². The lowest BCUT2D eigenvalue weighted by molar-refractivity contribution is -0.137. The third-order valence-electron chi connectivity index (χ3n) is 5.08. The smallest absolute Gasteiger partial charge is 0.466 e. The first kappa shape index (κ1) is 17.7. The van der Waals surface area contributed by atoms with E-state index in [2.05, 4.69) is 5.10 Å². The van der Waals surface area contributed by atoms with Crippen LogP contribution >= 0.6 is 0 Å². The van der Waals surface area contributed by atoms with Crippen molar-refractivity contribution in [1.82, 2.24) is 9.78 Å². The summed E-state index contributed by atoms with van der Waals surface area (Å²) in [5, 5.41) is 13.5. The number of rotatable bonds is 5. The van der Waals surface area contributed by atoms with Crippen LogP contribution in [-0.2, 0) is 14.1 Å². The van der Waals surface area contributed by atoms with Crippen molar-refractivity contribution in [3.8, 4) is 5.69 Å². The van der Waals surface area contributed by atoms with Gasteiger partial charge in [0, 0.05) is 18.2 Å². The molecule has 0 bridgehead atoms. The Hall–Kier alpha value is -2.12. The van der Waals surface area contributed by atoms with Gasteiger partial charge in [0.2, 0.25) is 0 Å². The van der Waals surface area contributed by atoms with Gasteiger partial charge in [-0.3, -0.25) is 4.79 Å². The number of hydrogen-bond acceptors (Lipinski definition) is 4. The predicted molar refractivity (Wildman–Crippen MR) is 94.6 cm³/mol. The van der Waals surface area contributed by atoms with E-state index >= 15 is 0 Å². The van der Waals surface area contributed by atoms with Crippen molar-refractivity contribution in [2.75, 3.05) is 0 Å². The van der Waals surface area contributed by atoms with E-state index in [-0.39, 0.29) is 12.2 Å².